The average molecular weight is 532 g/mol. The SMILES string of the molecule is CCCCCc1ccc(-c2ccc(-c3cc(F)c(C(F)(F)Oc4cc(F)c(F)c(F)c4)c(F)c3)cc2)cc1. The normalized spacial score (nSPS) is 11.6. The first-order valence-corrected chi connectivity index (χ1v) is 12.0. The van der Waals surface area contributed by atoms with Gasteiger partial charge in [-0.15, -0.1) is 0 Å². The van der Waals surface area contributed by atoms with Crippen molar-refractivity contribution in [2.75, 3.05) is 0 Å². The Morgan fingerprint density at radius 2 is 1.08 bits per heavy atom. The summed E-state index contributed by atoms with van der Waals surface area (Å²) in [7, 11) is 0. The van der Waals surface area contributed by atoms with E-state index >= 15 is 0 Å². The van der Waals surface area contributed by atoms with Crippen molar-refractivity contribution >= 4 is 0 Å². The van der Waals surface area contributed by atoms with E-state index in [0.717, 1.165) is 30.4 Å². The van der Waals surface area contributed by atoms with Gasteiger partial charge in [0.2, 0.25) is 0 Å². The molecular weight excluding hydrogens is 509 g/mol. The number of alkyl halides is 2. The summed E-state index contributed by atoms with van der Waals surface area (Å²) < 4.78 is 102. The smallest absolute Gasteiger partial charge is 0.429 e. The standard InChI is InChI=1S/C30H23F7O/c1-2-3-4-5-18-6-8-19(9-7-18)20-10-12-21(13-11-20)22-14-24(31)28(25(32)15-22)30(36,37)38-23-16-26(33)29(35)27(34)17-23/h6-17H,2-5H2,1H3. The van der Waals surface area contributed by atoms with Gasteiger partial charge in [-0.1, -0.05) is 68.3 Å². The molecule has 0 saturated carbocycles. The van der Waals surface area contributed by atoms with E-state index in [0.29, 0.717) is 17.7 Å². The molecule has 4 rings (SSSR count). The molecule has 0 heterocycles. The maximum absolute atomic E-state index is 14.7. The Morgan fingerprint density at radius 1 is 0.605 bits per heavy atom. The molecule has 0 aromatic heterocycles. The van der Waals surface area contributed by atoms with E-state index in [1.165, 1.54) is 12.0 Å². The molecule has 38 heavy (non-hydrogen) atoms. The number of unbranched alkanes of at least 4 members (excludes halogenated alkanes) is 2. The first-order valence-electron chi connectivity index (χ1n) is 12.0. The zero-order valence-electron chi connectivity index (χ0n) is 20.3. The van der Waals surface area contributed by atoms with E-state index in [1.807, 2.05) is 12.1 Å². The number of aryl methyl sites for hydroxylation is 1. The van der Waals surface area contributed by atoms with Crippen molar-refractivity contribution in [1.82, 2.24) is 0 Å². The van der Waals surface area contributed by atoms with E-state index in [9.17, 15) is 30.7 Å². The number of ether oxygens (including phenoxy) is 1. The van der Waals surface area contributed by atoms with Crippen molar-refractivity contribution < 1.29 is 35.5 Å². The van der Waals surface area contributed by atoms with Crippen molar-refractivity contribution in [2.45, 2.75) is 38.7 Å². The van der Waals surface area contributed by atoms with E-state index in [4.69, 9.17) is 0 Å². The van der Waals surface area contributed by atoms with Gasteiger partial charge in [0.1, 0.15) is 22.9 Å². The van der Waals surface area contributed by atoms with E-state index in [-0.39, 0.29) is 17.7 Å². The topological polar surface area (TPSA) is 9.23 Å². The molecule has 0 aliphatic carbocycles. The number of benzene rings is 4. The van der Waals surface area contributed by atoms with Crippen LogP contribution in [0.25, 0.3) is 22.3 Å². The third-order valence-electron chi connectivity index (χ3n) is 6.11. The molecule has 0 spiro atoms. The molecule has 8 heteroatoms. The van der Waals surface area contributed by atoms with Crippen LogP contribution in [-0.4, -0.2) is 0 Å². The molecule has 0 aliphatic rings. The fourth-order valence-electron chi connectivity index (χ4n) is 4.11. The first kappa shape index (κ1) is 27.2. The molecule has 0 atom stereocenters. The Labute approximate surface area is 215 Å². The maximum atomic E-state index is 14.7. The minimum absolute atomic E-state index is 0.00348. The zero-order valence-corrected chi connectivity index (χ0v) is 20.3. The molecule has 4 aromatic rings. The molecule has 0 radical (unpaired) electrons. The van der Waals surface area contributed by atoms with Gasteiger partial charge in [0.25, 0.3) is 0 Å². The van der Waals surface area contributed by atoms with E-state index in [1.54, 1.807) is 24.3 Å². The van der Waals surface area contributed by atoms with Gasteiger partial charge in [-0.3, -0.25) is 0 Å². The molecule has 0 aliphatic heterocycles. The molecular formula is C30H23F7O. The van der Waals surface area contributed by atoms with Gasteiger partial charge >= 0.3 is 6.11 Å². The molecule has 0 bridgehead atoms. The summed E-state index contributed by atoms with van der Waals surface area (Å²) in [6.07, 6.45) is -0.199. The van der Waals surface area contributed by atoms with Gasteiger partial charge in [0.05, 0.1) is 0 Å². The summed E-state index contributed by atoms with van der Waals surface area (Å²) in [6, 6.07) is 16.5. The molecule has 1 nitrogen and oxygen atoms in total. The Kier molecular flexibility index (Phi) is 8.09. The lowest BCUT2D eigenvalue weighted by Crippen LogP contribution is -2.25. The summed E-state index contributed by atoms with van der Waals surface area (Å²) >= 11 is 0. The van der Waals surface area contributed by atoms with Gasteiger partial charge in [-0.25, -0.2) is 22.0 Å². The number of hydrogen-bond donors (Lipinski definition) is 0. The molecule has 4 aromatic carbocycles. The van der Waals surface area contributed by atoms with Gasteiger partial charge in [0.15, 0.2) is 17.5 Å². The summed E-state index contributed by atoms with van der Waals surface area (Å²) in [5, 5.41) is 0. The number of rotatable bonds is 9. The van der Waals surface area contributed by atoms with Crippen molar-refractivity contribution in [3.8, 4) is 28.0 Å². The molecule has 0 saturated heterocycles. The third-order valence-corrected chi connectivity index (χ3v) is 6.11. The van der Waals surface area contributed by atoms with Crippen LogP contribution in [0.2, 0.25) is 0 Å². The summed E-state index contributed by atoms with van der Waals surface area (Å²) in [5.41, 5.74) is 1.68. The van der Waals surface area contributed by atoms with Crippen molar-refractivity contribution in [2.24, 2.45) is 0 Å². The first-order chi connectivity index (χ1) is 18.1. The fourth-order valence-corrected chi connectivity index (χ4v) is 4.11. The lowest BCUT2D eigenvalue weighted by atomic mass is 9.97. The molecule has 0 amide bonds. The van der Waals surface area contributed by atoms with Crippen LogP contribution in [-0.2, 0) is 12.5 Å². The van der Waals surface area contributed by atoms with Gasteiger partial charge in [-0.05, 0) is 52.8 Å². The maximum Gasteiger partial charge on any atom is 0.432 e. The van der Waals surface area contributed by atoms with E-state index in [2.05, 4.69) is 23.8 Å². The predicted octanol–water partition coefficient (Wildman–Crippen LogP) is 9.58. The average Bonchev–Trinajstić information content (AvgIpc) is 2.87. The monoisotopic (exact) mass is 532 g/mol. The van der Waals surface area contributed by atoms with Gasteiger partial charge < -0.3 is 4.74 Å². The van der Waals surface area contributed by atoms with Gasteiger partial charge in [0, 0.05) is 12.1 Å². The number of halogens is 7. The molecule has 0 unspecified atom stereocenters. The quantitative estimate of drug-likeness (QED) is 0.118. The van der Waals surface area contributed by atoms with Crippen LogP contribution in [0.4, 0.5) is 30.7 Å². The molecule has 0 N–H and O–H groups in total. The second kappa shape index (κ2) is 11.3. The largest absolute Gasteiger partial charge is 0.432 e. The Morgan fingerprint density at radius 3 is 1.58 bits per heavy atom. The van der Waals surface area contributed by atoms with Crippen LogP contribution < -0.4 is 4.74 Å². The summed E-state index contributed by atoms with van der Waals surface area (Å²) in [4.78, 5) is 0. The van der Waals surface area contributed by atoms with Crippen LogP contribution in [0.1, 0.15) is 37.3 Å². The fraction of sp³-hybridized carbons (Fsp3) is 0.200. The molecule has 198 valence electrons. The minimum Gasteiger partial charge on any atom is -0.429 e. The lowest BCUT2D eigenvalue weighted by molar-refractivity contribution is -0.189. The highest BCUT2D eigenvalue weighted by molar-refractivity contribution is 5.71. The van der Waals surface area contributed by atoms with Crippen LogP contribution >= 0.6 is 0 Å². The van der Waals surface area contributed by atoms with E-state index < -0.39 is 46.5 Å². The Hall–Kier alpha value is -3.81. The summed E-state index contributed by atoms with van der Waals surface area (Å²) in [5.74, 6) is -9.88. The van der Waals surface area contributed by atoms with Crippen LogP contribution in [0, 0.1) is 29.1 Å². The van der Waals surface area contributed by atoms with Crippen molar-refractivity contribution in [3.63, 3.8) is 0 Å². The Bertz CT molecular complexity index is 1370. The second-order valence-corrected chi connectivity index (χ2v) is 8.87. The number of hydrogen-bond acceptors (Lipinski definition) is 1. The van der Waals surface area contributed by atoms with Gasteiger partial charge in [-0.2, -0.15) is 8.78 Å². The highest BCUT2D eigenvalue weighted by atomic mass is 19.3. The van der Waals surface area contributed by atoms with Crippen molar-refractivity contribution in [3.05, 3.63) is 113 Å². The van der Waals surface area contributed by atoms with Crippen molar-refractivity contribution in [1.29, 1.82) is 0 Å². The van der Waals surface area contributed by atoms with Crippen LogP contribution in [0.5, 0.6) is 5.75 Å². The highest BCUT2D eigenvalue weighted by Gasteiger charge is 2.41. The minimum atomic E-state index is -4.64. The Balaban J connectivity index is 1.54. The lowest BCUT2D eigenvalue weighted by Gasteiger charge is -2.20. The summed E-state index contributed by atoms with van der Waals surface area (Å²) in [6.45, 7) is 2.15. The molecule has 0 fully saturated rings. The second-order valence-electron chi connectivity index (χ2n) is 8.87. The highest BCUT2D eigenvalue weighted by Crippen LogP contribution is 2.38. The third kappa shape index (κ3) is 6.01. The van der Waals surface area contributed by atoms with Crippen LogP contribution in [0.15, 0.2) is 72.8 Å². The zero-order chi connectivity index (χ0) is 27.4. The predicted molar refractivity (Wildman–Crippen MR) is 131 cm³/mol. The van der Waals surface area contributed by atoms with Crippen LogP contribution in [0.3, 0.4) is 0 Å².